The van der Waals surface area contributed by atoms with E-state index in [1.54, 1.807) is 0 Å². The SMILES string of the molecule is CC(C)(c1c([N+](=O)[O-])cnc2no[n+]([O-])c12)[N+](=O)[O-]. The summed E-state index contributed by atoms with van der Waals surface area (Å²) in [5, 5.41) is 36.7. The molecule has 100 valence electrons. The van der Waals surface area contributed by atoms with Gasteiger partial charge in [-0.15, -0.1) is 0 Å². The van der Waals surface area contributed by atoms with Gasteiger partial charge in [0.25, 0.3) is 11.1 Å². The fourth-order valence-electron chi connectivity index (χ4n) is 1.67. The molecule has 0 saturated carbocycles. The number of nitrogens with zero attached hydrogens (tertiary/aromatic N) is 5. The Morgan fingerprint density at radius 1 is 1.37 bits per heavy atom. The molecule has 0 spiro atoms. The van der Waals surface area contributed by atoms with Gasteiger partial charge in [0.05, 0.1) is 10.1 Å². The predicted octanol–water partition coefficient (Wildman–Crippen LogP) is 0.276. The van der Waals surface area contributed by atoms with Gasteiger partial charge in [0.1, 0.15) is 6.20 Å². The van der Waals surface area contributed by atoms with Crippen LogP contribution in [0.5, 0.6) is 0 Å². The van der Waals surface area contributed by atoms with Crippen LogP contribution in [0.3, 0.4) is 0 Å². The Bertz CT molecular complexity index is 692. The van der Waals surface area contributed by atoms with Gasteiger partial charge in [-0.1, -0.05) is 0 Å². The average Bonchev–Trinajstić information content (AvgIpc) is 2.69. The topological polar surface area (TPSA) is 152 Å². The van der Waals surface area contributed by atoms with Crippen molar-refractivity contribution >= 4 is 16.9 Å². The number of pyridine rings is 1. The van der Waals surface area contributed by atoms with Crippen LogP contribution >= 0.6 is 0 Å². The van der Waals surface area contributed by atoms with E-state index in [4.69, 9.17) is 0 Å². The van der Waals surface area contributed by atoms with Crippen LogP contribution in [0.2, 0.25) is 0 Å². The van der Waals surface area contributed by atoms with Gasteiger partial charge in [0.2, 0.25) is 0 Å². The lowest BCUT2D eigenvalue weighted by atomic mass is 9.93. The summed E-state index contributed by atoms with van der Waals surface area (Å²) in [4.78, 5) is 23.9. The lowest BCUT2D eigenvalue weighted by molar-refractivity contribution is -0.782. The van der Waals surface area contributed by atoms with Crippen molar-refractivity contribution in [2.24, 2.45) is 0 Å². The van der Waals surface area contributed by atoms with E-state index in [1.807, 2.05) is 0 Å². The summed E-state index contributed by atoms with van der Waals surface area (Å²) in [6.07, 6.45) is 0.811. The average molecular weight is 269 g/mol. The van der Waals surface area contributed by atoms with Crippen molar-refractivity contribution in [1.29, 1.82) is 0 Å². The minimum absolute atomic E-state index is 0.129. The van der Waals surface area contributed by atoms with Crippen LogP contribution in [-0.4, -0.2) is 20.0 Å². The van der Waals surface area contributed by atoms with E-state index in [2.05, 4.69) is 14.8 Å². The summed E-state index contributed by atoms with van der Waals surface area (Å²) < 4.78 is 4.27. The van der Waals surface area contributed by atoms with E-state index in [9.17, 15) is 25.4 Å². The summed E-state index contributed by atoms with van der Waals surface area (Å²) in [6.45, 7) is 2.28. The zero-order chi connectivity index (χ0) is 14.4. The lowest BCUT2D eigenvalue weighted by Gasteiger charge is -2.14. The molecule has 0 N–H and O–H groups in total. The normalized spacial score (nSPS) is 11.7. The molecule has 0 aliphatic heterocycles. The highest BCUT2D eigenvalue weighted by Gasteiger charge is 2.45. The second-order valence-corrected chi connectivity index (χ2v) is 4.19. The Morgan fingerprint density at radius 3 is 2.53 bits per heavy atom. The molecule has 0 bridgehead atoms. The lowest BCUT2D eigenvalue weighted by Crippen LogP contribution is -2.33. The van der Waals surface area contributed by atoms with Crippen LogP contribution in [0.25, 0.3) is 11.2 Å². The maximum Gasteiger partial charge on any atom is 0.341 e. The first kappa shape index (κ1) is 12.6. The fraction of sp³-hybridized carbons (Fsp3) is 0.375. The van der Waals surface area contributed by atoms with Crippen molar-refractivity contribution in [3.05, 3.63) is 37.2 Å². The Hall–Kier alpha value is -2.85. The molecule has 0 aromatic carbocycles. The zero-order valence-corrected chi connectivity index (χ0v) is 9.76. The van der Waals surface area contributed by atoms with Gasteiger partial charge >= 0.3 is 11.3 Å². The van der Waals surface area contributed by atoms with Gasteiger partial charge in [-0.3, -0.25) is 24.9 Å². The van der Waals surface area contributed by atoms with E-state index >= 15 is 0 Å². The van der Waals surface area contributed by atoms with E-state index < -0.39 is 32.2 Å². The maximum atomic E-state index is 11.4. The third-order valence-corrected chi connectivity index (χ3v) is 2.66. The molecule has 0 saturated heterocycles. The van der Waals surface area contributed by atoms with Crippen LogP contribution in [0.15, 0.2) is 10.8 Å². The van der Waals surface area contributed by atoms with E-state index in [0.29, 0.717) is 0 Å². The van der Waals surface area contributed by atoms with Crippen molar-refractivity contribution in [2.45, 2.75) is 19.4 Å². The number of nitro groups is 2. The van der Waals surface area contributed by atoms with Crippen molar-refractivity contribution in [3.8, 4) is 0 Å². The number of rotatable bonds is 3. The number of aromatic nitrogens is 3. The van der Waals surface area contributed by atoms with Crippen LogP contribution in [-0.2, 0) is 5.54 Å². The monoisotopic (exact) mass is 269 g/mol. The summed E-state index contributed by atoms with van der Waals surface area (Å²) in [6, 6.07) is 0. The van der Waals surface area contributed by atoms with Gasteiger partial charge in [-0.25, -0.2) is 4.98 Å². The Kier molecular flexibility index (Phi) is 2.54. The van der Waals surface area contributed by atoms with Gasteiger partial charge in [0.15, 0.2) is 5.56 Å². The highest BCUT2D eigenvalue weighted by Crippen LogP contribution is 2.35. The molecule has 2 rings (SSSR count). The Morgan fingerprint density at radius 2 is 2.00 bits per heavy atom. The Balaban J connectivity index is 2.95. The molecule has 0 fully saturated rings. The number of fused-ring (bicyclic) bond motifs is 1. The van der Waals surface area contributed by atoms with Gasteiger partial charge in [-0.2, -0.15) is 0 Å². The van der Waals surface area contributed by atoms with Crippen LogP contribution in [0, 0.1) is 25.4 Å². The molecule has 0 aliphatic rings. The number of hydrogen-bond acceptors (Lipinski definition) is 8. The van der Waals surface area contributed by atoms with Crippen LogP contribution < -0.4 is 4.90 Å². The van der Waals surface area contributed by atoms with Crippen molar-refractivity contribution < 1.29 is 19.4 Å². The molecular weight excluding hydrogens is 262 g/mol. The summed E-state index contributed by atoms with van der Waals surface area (Å²) in [7, 11) is 0. The second kappa shape index (κ2) is 3.83. The maximum absolute atomic E-state index is 11.4. The molecule has 0 amide bonds. The van der Waals surface area contributed by atoms with Crippen LogP contribution in [0.4, 0.5) is 5.69 Å². The molecule has 2 heterocycles. The van der Waals surface area contributed by atoms with Gasteiger partial charge in [0, 0.05) is 18.8 Å². The molecule has 0 aliphatic carbocycles. The first-order chi connectivity index (χ1) is 8.76. The van der Waals surface area contributed by atoms with Crippen molar-refractivity contribution in [1.82, 2.24) is 10.1 Å². The molecule has 2 aromatic rings. The fourth-order valence-corrected chi connectivity index (χ4v) is 1.67. The van der Waals surface area contributed by atoms with Gasteiger partial charge in [-0.05, 0) is 4.90 Å². The Labute approximate surface area is 104 Å². The molecule has 0 atom stereocenters. The van der Waals surface area contributed by atoms with E-state index in [0.717, 1.165) is 20.0 Å². The summed E-state index contributed by atoms with van der Waals surface area (Å²) >= 11 is 0. The molecule has 0 unspecified atom stereocenters. The predicted molar refractivity (Wildman–Crippen MR) is 57.4 cm³/mol. The third-order valence-electron chi connectivity index (χ3n) is 2.66. The molecule has 11 heteroatoms. The van der Waals surface area contributed by atoms with E-state index in [1.165, 1.54) is 0 Å². The second-order valence-electron chi connectivity index (χ2n) is 4.19. The smallest absolute Gasteiger partial charge is 0.341 e. The molecular formula is C8H7N5O6. The largest absolute Gasteiger partial charge is 0.359 e. The molecule has 0 radical (unpaired) electrons. The first-order valence-electron chi connectivity index (χ1n) is 4.94. The standard InChI is InChI=1S/C8H7N5O6/c1-8(2,13(17)18)5-4(11(14)15)3-9-7-6(5)12(16)19-10-7/h3H,1-2H3. The third kappa shape index (κ3) is 1.71. The molecule has 11 nitrogen and oxygen atoms in total. The van der Waals surface area contributed by atoms with Crippen LogP contribution in [0.1, 0.15) is 19.4 Å². The molecule has 19 heavy (non-hydrogen) atoms. The van der Waals surface area contributed by atoms with E-state index in [-0.39, 0.29) is 10.6 Å². The highest BCUT2D eigenvalue weighted by atomic mass is 16.8. The quantitative estimate of drug-likeness (QED) is 0.437. The summed E-state index contributed by atoms with van der Waals surface area (Å²) in [5.41, 5.74) is -3.56. The van der Waals surface area contributed by atoms with Crippen molar-refractivity contribution in [3.63, 3.8) is 0 Å². The minimum atomic E-state index is -1.87. The minimum Gasteiger partial charge on any atom is -0.359 e. The highest BCUT2D eigenvalue weighted by molar-refractivity contribution is 5.75. The van der Waals surface area contributed by atoms with Crippen molar-refractivity contribution in [2.75, 3.05) is 0 Å². The van der Waals surface area contributed by atoms with Gasteiger partial charge < -0.3 is 5.21 Å². The number of hydrogen-bond donors (Lipinski definition) is 0. The first-order valence-corrected chi connectivity index (χ1v) is 4.94. The zero-order valence-electron chi connectivity index (χ0n) is 9.76. The summed E-state index contributed by atoms with van der Waals surface area (Å²) in [5.74, 6) is 0. The molecule has 2 aromatic heterocycles.